The molecule has 138 valence electrons. The van der Waals surface area contributed by atoms with Crippen molar-refractivity contribution in [1.82, 2.24) is 15.5 Å². The molecule has 1 heterocycles. The first-order valence-electron chi connectivity index (χ1n) is 8.85. The van der Waals surface area contributed by atoms with E-state index in [9.17, 15) is 9.18 Å². The minimum atomic E-state index is -0.277. The quantitative estimate of drug-likeness (QED) is 0.644. The van der Waals surface area contributed by atoms with Gasteiger partial charge in [-0.05, 0) is 48.2 Å². The molecule has 0 aliphatic rings. The van der Waals surface area contributed by atoms with Crippen LogP contribution >= 0.6 is 0 Å². The predicted molar refractivity (Wildman–Crippen MR) is 103 cm³/mol. The van der Waals surface area contributed by atoms with Crippen LogP contribution in [0, 0.1) is 5.82 Å². The molecule has 0 fully saturated rings. The van der Waals surface area contributed by atoms with Crippen molar-refractivity contribution in [1.29, 1.82) is 0 Å². The summed E-state index contributed by atoms with van der Waals surface area (Å²) in [5.41, 5.74) is 2.47. The lowest BCUT2D eigenvalue weighted by Crippen LogP contribution is -2.26. The number of nitrogens with one attached hydrogen (secondary N) is 2. The molecule has 27 heavy (non-hydrogen) atoms. The number of anilines is 1. The van der Waals surface area contributed by atoms with Crippen molar-refractivity contribution in [3.63, 3.8) is 0 Å². The van der Waals surface area contributed by atoms with Crippen molar-refractivity contribution in [2.45, 2.75) is 12.8 Å². The van der Waals surface area contributed by atoms with Crippen molar-refractivity contribution in [2.75, 3.05) is 18.4 Å². The summed E-state index contributed by atoms with van der Waals surface area (Å²) in [5.74, 6) is 0.0877. The SMILES string of the molecule is O=C(NCCc1ccc(F)cc1)c1ccc(NCCc2ccccc2)nn1. The highest BCUT2D eigenvalue weighted by atomic mass is 19.1. The molecule has 6 heteroatoms. The van der Waals surface area contributed by atoms with Crippen LogP contribution in [0.15, 0.2) is 66.7 Å². The third-order valence-corrected chi connectivity index (χ3v) is 4.07. The van der Waals surface area contributed by atoms with Gasteiger partial charge < -0.3 is 10.6 Å². The first kappa shape index (κ1) is 18.5. The Morgan fingerprint density at radius 2 is 1.52 bits per heavy atom. The van der Waals surface area contributed by atoms with Crippen LogP contribution in [0.25, 0.3) is 0 Å². The molecule has 3 aromatic rings. The molecule has 1 aromatic heterocycles. The Balaban J connectivity index is 1.42. The Bertz CT molecular complexity index is 852. The van der Waals surface area contributed by atoms with E-state index in [1.165, 1.54) is 17.7 Å². The van der Waals surface area contributed by atoms with Crippen LogP contribution in [0.3, 0.4) is 0 Å². The lowest BCUT2D eigenvalue weighted by molar-refractivity contribution is 0.0948. The monoisotopic (exact) mass is 364 g/mol. The summed E-state index contributed by atoms with van der Waals surface area (Å²) in [4.78, 5) is 12.1. The Kier molecular flexibility index (Phi) is 6.46. The highest BCUT2D eigenvalue weighted by Crippen LogP contribution is 2.05. The van der Waals surface area contributed by atoms with Gasteiger partial charge in [0.2, 0.25) is 0 Å². The third kappa shape index (κ3) is 5.88. The van der Waals surface area contributed by atoms with Crippen LogP contribution in [0.5, 0.6) is 0 Å². The Hall–Kier alpha value is -3.28. The zero-order valence-electron chi connectivity index (χ0n) is 14.9. The van der Waals surface area contributed by atoms with Gasteiger partial charge in [-0.2, -0.15) is 0 Å². The van der Waals surface area contributed by atoms with E-state index in [-0.39, 0.29) is 17.4 Å². The summed E-state index contributed by atoms with van der Waals surface area (Å²) < 4.78 is 12.9. The minimum Gasteiger partial charge on any atom is -0.368 e. The molecule has 0 bridgehead atoms. The maximum absolute atomic E-state index is 12.9. The molecule has 0 aliphatic carbocycles. The molecule has 2 aromatic carbocycles. The second kappa shape index (κ2) is 9.43. The Labute approximate surface area is 157 Å². The number of hydrogen-bond donors (Lipinski definition) is 2. The maximum atomic E-state index is 12.9. The highest BCUT2D eigenvalue weighted by Gasteiger charge is 2.07. The van der Waals surface area contributed by atoms with Gasteiger partial charge in [0.25, 0.3) is 5.91 Å². The topological polar surface area (TPSA) is 66.9 Å². The zero-order chi connectivity index (χ0) is 18.9. The van der Waals surface area contributed by atoms with Crippen LogP contribution in [0.1, 0.15) is 21.6 Å². The van der Waals surface area contributed by atoms with Gasteiger partial charge in [0, 0.05) is 13.1 Å². The molecule has 0 atom stereocenters. The van der Waals surface area contributed by atoms with Gasteiger partial charge in [0.1, 0.15) is 11.6 Å². The van der Waals surface area contributed by atoms with E-state index in [1.807, 2.05) is 18.2 Å². The second-order valence-corrected chi connectivity index (χ2v) is 6.10. The largest absolute Gasteiger partial charge is 0.368 e. The standard InChI is InChI=1S/C21H21FN4O/c22-18-8-6-17(7-9-18)13-15-24-21(27)19-10-11-20(26-25-19)23-14-12-16-4-2-1-3-5-16/h1-11H,12-15H2,(H,23,26)(H,24,27). The number of hydrogen-bond acceptors (Lipinski definition) is 4. The number of nitrogens with zero attached hydrogens (tertiary/aromatic N) is 2. The van der Waals surface area contributed by atoms with Gasteiger partial charge in [-0.25, -0.2) is 4.39 Å². The molecule has 3 rings (SSSR count). The molecule has 5 nitrogen and oxygen atoms in total. The third-order valence-electron chi connectivity index (χ3n) is 4.07. The second-order valence-electron chi connectivity index (χ2n) is 6.10. The van der Waals surface area contributed by atoms with Crippen LogP contribution in [-0.4, -0.2) is 29.2 Å². The average molecular weight is 364 g/mol. The molecule has 0 spiro atoms. The van der Waals surface area contributed by atoms with E-state index in [4.69, 9.17) is 0 Å². The number of halogens is 1. The molecule has 0 aliphatic heterocycles. The summed E-state index contributed by atoms with van der Waals surface area (Å²) in [7, 11) is 0. The first-order valence-corrected chi connectivity index (χ1v) is 8.85. The van der Waals surface area contributed by atoms with E-state index >= 15 is 0 Å². The van der Waals surface area contributed by atoms with Crippen molar-refractivity contribution < 1.29 is 9.18 Å². The summed E-state index contributed by atoms with van der Waals surface area (Å²) in [6.07, 6.45) is 1.51. The van der Waals surface area contributed by atoms with E-state index in [2.05, 4.69) is 33.0 Å². The molecule has 0 unspecified atom stereocenters. The predicted octanol–water partition coefficient (Wildman–Crippen LogP) is 3.24. The van der Waals surface area contributed by atoms with Crippen molar-refractivity contribution in [2.24, 2.45) is 0 Å². The van der Waals surface area contributed by atoms with Crippen molar-refractivity contribution >= 4 is 11.7 Å². The number of rotatable bonds is 8. The van der Waals surface area contributed by atoms with Gasteiger partial charge in [-0.1, -0.05) is 42.5 Å². The molecule has 1 amide bonds. The highest BCUT2D eigenvalue weighted by molar-refractivity contribution is 5.92. The maximum Gasteiger partial charge on any atom is 0.271 e. The van der Waals surface area contributed by atoms with E-state index < -0.39 is 0 Å². The lowest BCUT2D eigenvalue weighted by Gasteiger charge is -2.07. The first-order chi connectivity index (χ1) is 13.2. The summed E-state index contributed by atoms with van der Waals surface area (Å²) >= 11 is 0. The number of benzene rings is 2. The normalized spacial score (nSPS) is 10.4. The number of carbonyl (C=O) groups excluding carboxylic acids is 1. The summed E-state index contributed by atoms with van der Waals surface area (Å²) in [6, 6.07) is 19.8. The number of aromatic nitrogens is 2. The van der Waals surface area contributed by atoms with Crippen LogP contribution < -0.4 is 10.6 Å². The average Bonchev–Trinajstić information content (AvgIpc) is 2.71. The molecule has 0 radical (unpaired) electrons. The van der Waals surface area contributed by atoms with Crippen molar-refractivity contribution in [3.8, 4) is 0 Å². The fourth-order valence-corrected chi connectivity index (χ4v) is 2.59. The molecule has 0 saturated carbocycles. The number of carbonyl (C=O) groups is 1. The zero-order valence-corrected chi connectivity index (χ0v) is 14.9. The fourth-order valence-electron chi connectivity index (χ4n) is 2.59. The number of amides is 1. The smallest absolute Gasteiger partial charge is 0.271 e. The fraction of sp³-hybridized carbons (Fsp3) is 0.190. The van der Waals surface area contributed by atoms with Gasteiger partial charge in [0.05, 0.1) is 0 Å². The van der Waals surface area contributed by atoms with Crippen LogP contribution in [-0.2, 0) is 12.8 Å². The van der Waals surface area contributed by atoms with Gasteiger partial charge >= 0.3 is 0 Å². The lowest BCUT2D eigenvalue weighted by atomic mass is 10.1. The van der Waals surface area contributed by atoms with Crippen LogP contribution in [0.4, 0.5) is 10.2 Å². The van der Waals surface area contributed by atoms with Crippen molar-refractivity contribution in [3.05, 3.63) is 89.4 Å². The summed E-state index contributed by atoms with van der Waals surface area (Å²) in [5, 5.41) is 14.0. The van der Waals surface area contributed by atoms with Gasteiger partial charge in [0.15, 0.2) is 5.69 Å². The van der Waals surface area contributed by atoms with E-state index in [0.717, 1.165) is 18.5 Å². The van der Waals surface area contributed by atoms with Gasteiger partial charge in [-0.15, -0.1) is 10.2 Å². The Morgan fingerprint density at radius 3 is 2.22 bits per heavy atom. The summed E-state index contributed by atoms with van der Waals surface area (Å²) in [6.45, 7) is 1.19. The molecular weight excluding hydrogens is 343 g/mol. The molecule has 2 N–H and O–H groups in total. The van der Waals surface area contributed by atoms with Gasteiger partial charge in [-0.3, -0.25) is 4.79 Å². The Morgan fingerprint density at radius 1 is 0.815 bits per heavy atom. The molecular formula is C21H21FN4O. The minimum absolute atomic E-state index is 0.266. The van der Waals surface area contributed by atoms with E-state index in [0.29, 0.717) is 18.8 Å². The van der Waals surface area contributed by atoms with Crippen LogP contribution in [0.2, 0.25) is 0 Å². The van der Waals surface area contributed by atoms with E-state index in [1.54, 1.807) is 24.3 Å². The molecule has 0 saturated heterocycles.